The molecule has 146 valence electrons. The lowest BCUT2D eigenvalue weighted by Crippen LogP contribution is -2.38. The van der Waals surface area contributed by atoms with Crippen LogP contribution >= 0.6 is 11.6 Å². The van der Waals surface area contributed by atoms with Crippen molar-refractivity contribution < 1.29 is 18.3 Å². The van der Waals surface area contributed by atoms with Crippen molar-refractivity contribution in [1.82, 2.24) is 8.87 Å². The molecule has 0 spiro atoms. The topological polar surface area (TPSA) is 79.6 Å². The Labute approximate surface area is 168 Å². The number of benzene rings is 2. The van der Waals surface area contributed by atoms with Gasteiger partial charge < -0.3 is 9.67 Å². The molecule has 6 nitrogen and oxygen atoms in total. The molecule has 1 unspecified atom stereocenters. The van der Waals surface area contributed by atoms with Crippen molar-refractivity contribution in [3.05, 3.63) is 64.3 Å². The third-order valence-electron chi connectivity index (χ3n) is 5.29. The van der Waals surface area contributed by atoms with Gasteiger partial charge in [0, 0.05) is 11.1 Å². The molecule has 1 atom stereocenters. The van der Waals surface area contributed by atoms with Crippen LogP contribution in [-0.4, -0.2) is 41.0 Å². The first-order valence-corrected chi connectivity index (χ1v) is 10.6. The van der Waals surface area contributed by atoms with E-state index in [1.165, 1.54) is 12.1 Å². The van der Waals surface area contributed by atoms with Gasteiger partial charge in [-0.25, -0.2) is 12.7 Å². The summed E-state index contributed by atoms with van der Waals surface area (Å²) in [6.07, 6.45) is -1.09. The number of hydrogen-bond donors (Lipinski definition) is 1. The zero-order valence-electron chi connectivity index (χ0n) is 15.4. The number of fused-ring (bicyclic) bond motifs is 2. The van der Waals surface area contributed by atoms with Gasteiger partial charge in [-0.2, -0.15) is 0 Å². The molecule has 1 aromatic heterocycles. The lowest BCUT2D eigenvalue weighted by atomic mass is 10.2. The number of amides is 1. The molecule has 1 amide bonds. The van der Waals surface area contributed by atoms with Crippen LogP contribution in [0, 0.1) is 13.8 Å². The second kappa shape index (κ2) is 6.62. The van der Waals surface area contributed by atoms with Crippen molar-refractivity contribution in [3.8, 4) is 0 Å². The van der Waals surface area contributed by atoms with Gasteiger partial charge in [-0.3, -0.25) is 4.79 Å². The average Bonchev–Trinajstić information content (AvgIpc) is 3.01. The highest BCUT2D eigenvalue weighted by molar-refractivity contribution is 7.90. The summed E-state index contributed by atoms with van der Waals surface area (Å²) in [5.41, 5.74) is 2.90. The van der Waals surface area contributed by atoms with E-state index in [-0.39, 0.29) is 23.5 Å². The summed E-state index contributed by atoms with van der Waals surface area (Å²) in [6, 6.07) is 11.7. The Morgan fingerprint density at radius 2 is 1.79 bits per heavy atom. The van der Waals surface area contributed by atoms with Crippen LogP contribution in [0.5, 0.6) is 0 Å². The highest BCUT2D eigenvalue weighted by atomic mass is 35.5. The molecule has 1 aliphatic rings. The number of hydrogen-bond acceptors (Lipinski definition) is 4. The SMILES string of the molecule is Cc1c(C)n(CC(O)CN2C(=O)c3ccccc3S2(=O)=O)c2c(Cl)cccc12. The van der Waals surface area contributed by atoms with Crippen LogP contribution in [0.4, 0.5) is 0 Å². The number of para-hydroxylation sites is 1. The Morgan fingerprint density at radius 1 is 1.07 bits per heavy atom. The fourth-order valence-electron chi connectivity index (χ4n) is 3.76. The molecule has 0 aliphatic carbocycles. The van der Waals surface area contributed by atoms with Gasteiger partial charge in [0.1, 0.15) is 4.90 Å². The molecule has 0 bridgehead atoms. The van der Waals surface area contributed by atoms with Crippen molar-refractivity contribution in [2.75, 3.05) is 6.54 Å². The smallest absolute Gasteiger partial charge is 0.269 e. The maximum Gasteiger partial charge on any atom is 0.269 e. The minimum Gasteiger partial charge on any atom is -0.389 e. The fourth-order valence-corrected chi connectivity index (χ4v) is 5.64. The predicted octanol–water partition coefficient (Wildman–Crippen LogP) is 3.12. The molecule has 0 fully saturated rings. The van der Waals surface area contributed by atoms with Gasteiger partial charge in [-0.1, -0.05) is 35.9 Å². The number of sulfonamides is 1. The molecule has 0 saturated carbocycles. The van der Waals surface area contributed by atoms with Crippen molar-refractivity contribution in [2.45, 2.75) is 31.4 Å². The van der Waals surface area contributed by atoms with Crippen LogP contribution in [0.2, 0.25) is 5.02 Å². The minimum atomic E-state index is -3.95. The van der Waals surface area contributed by atoms with Gasteiger partial charge in [-0.15, -0.1) is 0 Å². The first kappa shape index (κ1) is 19.0. The lowest BCUT2D eigenvalue weighted by molar-refractivity contribution is 0.0772. The normalized spacial score (nSPS) is 16.6. The summed E-state index contributed by atoms with van der Waals surface area (Å²) in [4.78, 5) is 12.5. The van der Waals surface area contributed by atoms with E-state index in [1.807, 2.05) is 30.5 Å². The molecule has 0 radical (unpaired) electrons. The zero-order chi connectivity index (χ0) is 20.2. The first-order valence-electron chi connectivity index (χ1n) is 8.81. The van der Waals surface area contributed by atoms with Crippen LogP contribution in [0.15, 0.2) is 47.4 Å². The maximum absolute atomic E-state index is 12.7. The molecule has 1 aliphatic heterocycles. The summed E-state index contributed by atoms with van der Waals surface area (Å²) in [6.45, 7) is 3.70. The van der Waals surface area contributed by atoms with Gasteiger partial charge in [0.25, 0.3) is 15.9 Å². The van der Waals surface area contributed by atoms with Gasteiger partial charge >= 0.3 is 0 Å². The number of β-amino-alcohol motifs (C(OH)–C–C–N with tert-alkyl or cyclic N) is 1. The van der Waals surface area contributed by atoms with E-state index < -0.39 is 22.0 Å². The summed E-state index contributed by atoms with van der Waals surface area (Å²) < 4.78 is 28.0. The summed E-state index contributed by atoms with van der Waals surface area (Å²) in [5.74, 6) is -0.613. The lowest BCUT2D eigenvalue weighted by Gasteiger charge is -2.21. The van der Waals surface area contributed by atoms with Crippen LogP contribution in [-0.2, 0) is 16.6 Å². The molecule has 0 saturated heterocycles. The molecular weight excluding hydrogens is 400 g/mol. The summed E-state index contributed by atoms with van der Waals surface area (Å²) in [5, 5.41) is 12.2. The summed E-state index contributed by atoms with van der Waals surface area (Å²) in [7, 11) is -3.95. The minimum absolute atomic E-state index is 0.0197. The predicted molar refractivity (Wildman–Crippen MR) is 107 cm³/mol. The van der Waals surface area contributed by atoms with E-state index in [2.05, 4.69) is 0 Å². The highest BCUT2D eigenvalue weighted by Crippen LogP contribution is 2.32. The number of aryl methyl sites for hydroxylation is 1. The van der Waals surface area contributed by atoms with Gasteiger partial charge in [0.05, 0.1) is 35.3 Å². The van der Waals surface area contributed by atoms with Crippen LogP contribution in [0.25, 0.3) is 10.9 Å². The first-order chi connectivity index (χ1) is 13.2. The largest absolute Gasteiger partial charge is 0.389 e. The quantitative estimate of drug-likeness (QED) is 0.706. The Bertz CT molecular complexity index is 1220. The molecule has 2 heterocycles. The van der Waals surface area contributed by atoms with E-state index in [1.54, 1.807) is 18.2 Å². The third kappa shape index (κ3) is 2.73. The van der Waals surface area contributed by atoms with Crippen LogP contribution in [0.1, 0.15) is 21.6 Å². The summed E-state index contributed by atoms with van der Waals surface area (Å²) >= 11 is 6.37. The fraction of sp³-hybridized carbons (Fsp3) is 0.250. The molecule has 28 heavy (non-hydrogen) atoms. The molecule has 8 heteroatoms. The number of halogens is 1. The van der Waals surface area contributed by atoms with Gasteiger partial charge in [-0.05, 0) is 37.6 Å². The van der Waals surface area contributed by atoms with Crippen molar-refractivity contribution in [3.63, 3.8) is 0 Å². The molecule has 2 aromatic carbocycles. The van der Waals surface area contributed by atoms with Crippen LogP contribution < -0.4 is 0 Å². The van der Waals surface area contributed by atoms with Crippen molar-refractivity contribution in [1.29, 1.82) is 0 Å². The Kier molecular flexibility index (Phi) is 4.49. The van der Waals surface area contributed by atoms with Gasteiger partial charge in [0.15, 0.2) is 0 Å². The highest BCUT2D eigenvalue weighted by Gasteiger charge is 2.41. The molecule has 4 rings (SSSR count). The Hall–Kier alpha value is -2.35. The number of carbonyl (C=O) groups excluding carboxylic acids is 1. The second-order valence-corrected chi connectivity index (χ2v) is 9.19. The van der Waals surface area contributed by atoms with E-state index in [9.17, 15) is 18.3 Å². The standard InChI is InChI=1S/C20H19ClN2O4S/c1-12-13(2)22(19-15(12)7-5-8-17(19)21)10-14(24)11-23-20(25)16-6-3-4-9-18(16)28(23,26)27/h3-9,14,24H,10-11H2,1-2H3. The zero-order valence-corrected chi connectivity index (χ0v) is 17.0. The van der Waals surface area contributed by atoms with E-state index in [0.29, 0.717) is 5.02 Å². The van der Waals surface area contributed by atoms with E-state index in [0.717, 1.165) is 26.5 Å². The molecular formula is C20H19ClN2O4S. The van der Waals surface area contributed by atoms with E-state index >= 15 is 0 Å². The Balaban J connectivity index is 1.65. The van der Waals surface area contributed by atoms with Crippen LogP contribution in [0.3, 0.4) is 0 Å². The van der Waals surface area contributed by atoms with Crippen molar-refractivity contribution >= 4 is 38.4 Å². The number of carbonyl (C=O) groups is 1. The number of nitrogens with zero attached hydrogens (tertiary/aromatic N) is 2. The third-order valence-corrected chi connectivity index (χ3v) is 7.40. The average molecular weight is 419 g/mol. The number of aromatic nitrogens is 1. The monoisotopic (exact) mass is 418 g/mol. The number of aliphatic hydroxyl groups is 1. The van der Waals surface area contributed by atoms with Crippen molar-refractivity contribution in [2.24, 2.45) is 0 Å². The Morgan fingerprint density at radius 3 is 2.50 bits per heavy atom. The van der Waals surface area contributed by atoms with E-state index in [4.69, 9.17) is 11.6 Å². The maximum atomic E-state index is 12.7. The molecule has 3 aromatic rings. The second-order valence-electron chi connectivity index (χ2n) is 6.95. The number of rotatable bonds is 4. The number of aliphatic hydroxyl groups excluding tert-OH is 1. The van der Waals surface area contributed by atoms with Gasteiger partial charge in [0.2, 0.25) is 0 Å². The molecule has 1 N–H and O–H groups in total.